The SMILES string of the molecule is BrN(Br)c1ccc(N(Br)Br)cc1. The average Bonchev–Trinajstić information content (AvgIpc) is 2.04. The fraction of sp³-hybridized carbons (Fsp3) is 0. The van der Waals surface area contributed by atoms with E-state index in [1.54, 1.807) is 5.90 Å². The van der Waals surface area contributed by atoms with Gasteiger partial charge in [0.15, 0.2) is 0 Å². The predicted molar refractivity (Wildman–Crippen MR) is 67.1 cm³/mol. The minimum Gasteiger partial charge on any atom is -0.243 e. The van der Waals surface area contributed by atoms with Crippen molar-refractivity contribution in [3.05, 3.63) is 24.3 Å². The summed E-state index contributed by atoms with van der Waals surface area (Å²) in [6.07, 6.45) is 0. The molecular formula is C6H4Br4N2. The molecule has 0 bridgehead atoms. The Balaban J connectivity index is 2.86. The highest BCUT2D eigenvalue weighted by molar-refractivity contribution is 9.25. The first-order valence-electron chi connectivity index (χ1n) is 2.94. The first-order valence-corrected chi connectivity index (χ1v) is 5.78. The van der Waals surface area contributed by atoms with Gasteiger partial charge < -0.3 is 0 Å². The van der Waals surface area contributed by atoms with Gasteiger partial charge in [0.2, 0.25) is 0 Å². The molecule has 2 nitrogen and oxygen atoms in total. The Morgan fingerprint density at radius 1 is 0.667 bits per heavy atom. The van der Waals surface area contributed by atoms with Gasteiger partial charge in [-0.1, -0.05) is 0 Å². The molecule has 0 radical (unpaired) electrons. The summed E-state index contributed by atoms with van der Waals surface area (Å²) in [6.45, 7) is 0. The summed E-state index contributed by atoms with van der Waals surface area (Å²) in [5, 5.41) is 0. The number of rotatable bonds is 2. The Kier molecular flexibility index (Phi) is 4.36. The zero-order valence-electron chi connectivity index (χ0n) is 5.72. The van der Waals surface area contributed by atoms with Gasteiger partial charge in [-0.15, -0.1) is 0 Å². The van der Waals surface area contributed by atoms with Crippen LogP contribution in [-0.4, -0.2) is 0 Å². The van der Waals surface area contributed by atoms with Crippen LogP contribution in [0, 0.1) is 0 Å². The third-order valence-corrected chi connectivity index (χ3v) is 2.88. The van der Waals surface area contributed by atoms with Gasteiger partial charge in [-0.25, -0.2) is 5.90 Å². The van der Waals surface area contributed by atoms with Gasteiger partial charge in [-0.05, 0) is 24.3 Å². The summed E-state index contributed by atoms with van der Waals surface area (Å²) in [6, 6.07) is 7.87. The van der Waals surface area contributed by atoms with Crippen molar-refractivity contribution >= 4 is 76.0 Å². The second-order valence-electron chi connectivity index (χ2n) is 1.98. The van der Waals surface area contributed by atoms with Gasteiger partial charge in [-0.2, -0.15) is 0 Å². The number of hydrogen-bond acceptors (Lipinski definition) is 2. The van der Waals surface area contributed by atoms with E-state index >= 15 is 0 Å². The van der Waals surface area contributed by atoms with Crippen LogP contribution in [0.2, 0.25) is 0 Å². The maximum absolute atomic E-state index is 3.26. The third kappa shape index (κ3) is 2.90. The molecule has 0 heterocycles. The third-order valence-electron chi connectivity index (χ3n) is 1.24. The lowest BCUT2D eigenvalue weighted by atomic mass is 10.3. The standard InChI is InChI=1S/C6H4Br4N2/c7-11(8)5-1-2-6(4-3-5)12(9)10/h1-4H. The molecule has 0 saturated carbocycles. The Morgan fingerprint density at radius 2 is 0.917 bits per heavy atom. The van der Waals surface area contributed by atoms with E-state index in [0.29, 0.717) is 0 Å². The van der Waals surface area contributed by atoms with E-state index in [4.69, 9.17) is 0 Å². The monoisotopic (exact) mass is 420 g/mol. The number of hydrogen-bond donors (Lipinski definition) is 0. The molecular weight excluding hydrogens is 420 g/mol. The fourth-order valence-corrected chi connectivity index (χ4v) is 1.62. The lowest BCUT2D eigenvalue weighted by molar-refractivity contribution is 1.60. The van der Waals surface area contributed by atoms with Crippen molar-refractivity contribution in [3.8, 4) is 0 Å². The highest BCUT2D eigenvalue weighted by atomic mass is 79.9. The van der Waals surface area contributed by atoms with Crippen molar-refractivity contribution in [1.29, 1.82) is 0 Å². The minimum absolute atomic E-state index is 1.03. The predicted octanol–water partition coefficient (Wildman–Crippen LogP) is 4.54. The summed E-state index contributed by atoms with van der Waals surface area (Å²) >= 11 is 13.0. The number of anilines is 2. The smallest absolute Gasteiger partial charge is 0.0617 e. The molecule has 0 aliphatic rings. The molecule has 0 spiro atoms. The molecule has 1 aromatic carbocycles. The highest BCUT2D eigenvalue weighted by Gasteiger charge is 2.00. The van der Waals surface area contributed by atoms with Gasteiger partial charge >= 0.3 is 0 Å². The summed E-state index contributed by atoms with van der Waals surface area (Å²) in [7, 11) is 0. The summed E-state index contributed by atoms with van der Waals surface area (Å²) in [5.74, 6) is 0. The molecule has 6 heteroatoms. The van der Waals surface area contributed by atoms with Crippen LogP contribution in [0.3, 0.4) is 0 Å². The molecule has 0 aliphatic heterocycles. The van der Waals surface area contributed by atoms with Crippen molar-refractivity contribution in [2.24, 2.45) is 0 Å². The Hall–Kier alpha value is 0.740. The largest absolute Gasteiger partial charge is 0.243 e. The number of nitrogens with zero attached hydrogens (tertiary/aromatic N) is 2. The molecule has 0 N–H and O–H groups in total. The second-order valence-corrected chi connectivity index (χ2v) is 6.72. The van der Waals surface area contributed by atoms with Crippen LogP contribution in [-0.2, 0) is 0 Å². The van der Waals surface area contributed by atoms with Crippen LogP contribution >= 0.6 is 64.6 Å². The van der Waals surface area contributed by atoms with Crippen molar-refractivity contribution in [2.45, 2.75) is 0 Å². The van der Waals surface area contributed by atoms with Crippen LogP contribution in [0.4, 0.5) is 11.4 Å². The van der Waals surface area contributed by atoms with E-state index in [9.17, 15) is 0 Å². The van der Waals surface area contributed by atoms with Crippen molar-refractivity contribution in [3.63, 3.8) is 0 Å². The van der Waals surface area contributed by atoms with Crippen LogP contribution in [0.5, 0.6) is 0 Å². The van der Waals surface area contributed by atoms with Gasteiger partial charge in [0.25, 0.3) is 0 Å². The van der Waals surface area contributed by atoms with E-state index in [-0.39, 0.29) is 0 Å². The van der Waals surface area contributed by atoms with Gasteiger partial charge in [0, 0.05) is 0 Å². The normalized spacial score (nSPS) is 9.67. The van der Waals surface area contributed by atoms with E-state index in [0.717, 1.165) is 11.4 Å². The molecule has 0 atom stereocenters. The fourth-order valence-electron chi connectivity index (χ4n) is 0.678. The summed E-state index contributed by atoms with van der Waals surface area (Å²) < 4.78 is 3.38. The molecule has 12 heavy (non-hydrogen) atoms. The van der Waals surface area contributed by atoms with Crippen LogP contribution in [0.25, 0.3) is 0 Å². The zero-order chi connectivity index (χ0) is 9.14. The maximum atomic E-state index is 3.26. The minimum atomic E-state index is 1.03. The van der Waals surface area contributed by atoms with Crippen LogP contribution in [0.15, 0.2) is 24.3 Å². The van der Waals surface area contributed by atoms with E-state index in [2.05, 4.69) is 64.6 Å². The molecule has 0 aliphatic carbocycles. The summed E-state index contributed by atoms with van der Waals surface area (Å²) in [4.78, 5) is 0. The molecule has 0 aromatic heterocycles. The molecule has 1 rings (SSSR count). The van der Waals surface area contributed by atoms with Crippen LogP contribution < -0.4 is 5.90 Å². The molecule has 0 saturated heterocycles. The lowest BCUT2D eigenvalue weighted by Gasteiger charge is -2.09. The van der Waals surface area contributed by atoms with Crippen molar-refractivity contribution in [2.75, 3.05) is 5.90 Å². The Labute approximate surface area is 105 Å². The zero-order valence-corrected chi connectivity index (χ0v) is 12.1. The Morgan fingerprint density at radius 3 is 1.08 bits per heavy atom. The molecule has 0 unspecified atom stereocenters. The van der Waals surface area contributed by atoms with Gasteiger partial charge in [0.05, 0.1) is 76.0 Å². The van der Waals surface area contributed by atoms with Gasteiger partial charge in [-0.3, -0.25) is 0 Å². The first-order chi connectivity index (χ1) is 5.61. The van der Waals surface area contributed by atoms with E-state index in [1.807, 2.05) is 24.3 Å². The maximum Gasteiger partial charge on any atom is 0.0617 e. The number of halogens is 4. The first kappa shape index (κ1) is 10.8. The van der Waals surface area contributed by atoms with E-state index in [1.165, 1.54) is 0 Å². The van der Waals surface area contributed by atoms with Gasteiger partial charge in [0.1, 0.15) is 0 Å². The van der Waals surface area contributed by atoms with Crippen LogP contribution in [0.1, 0.15) is 0 Å². The average molecular weight is 424 g/mol. The van der Waals surface area contributed by atoms with Crippen molar-refractivity contribution in [1.82, 2.24) is 0 Å². The molecule has 1 aromatic rings. The Bertz CT molecular complexity index is 219. The highest BCUT2D eigenvalue weighted by Crippen LogP contribution is 2.27. The number of benzene rings is 1. The second kappa shape index (κ2) is 4.83. The topological polar surface area (TPSA) is 6.48 Å². The van der Waals surface area contributed by atoms with E-state index < -0.39 is 0 Å². The molecule has 66 valence electrons. The molecule has 0 fully saturated rings. The van der Waals surface area contributed by atoms with Crippen molar-refractivity contribution < 1.29 is 0 Å². The lowest BCUT2D eigenvalue weighted by Crippen LogP contribution is -1.92. The molecule has 0 amide bonds. The quantitative estimate of drug-likeness (QED) is 0.645. The summed E-state index contributed by atoms with van der Waals surface area (Å²) in [5.41, 5.74) is 2.06.